The fourth-order valence-electron chi connectivity index (χ4n) is 3.51. The number of ether oxygens (including phenoxy) is 1. The monoisotopic (exact) mass is 324 g/mol. The average Bonchev–Trinajstić information content (AvgIpc) is 3.21. The van der Waals surface area contributed by atoms with Crippen molar-refractivity contribution in [2.45, 2.75) is 25.0 Å². The lowest BCUT2D eigenvalue weighted by atomic mass is 10.1. The van der Waals surface area contributed by atoms with Gasteiger partial charge in [0.05, 0.1) is 12.1 Å². The predicted octanol–water partition coefficient (Wildman–Crippen LogP) is 3.40. The second-order valence-corrected chi connectivity index (χ2v) is 6.51. The van der Waals surface area contributed by atoms with Crippen molar-refractivity contribution >= 4 is 17.3 Å². The molecule has 0 bridgehead atoms. The molecule has 4 rings (SSSR count). The van der Waals surface area contributed by atoms with Crippen LogP contribution in [-0.4, -0.2) is 24.4 Å². The van der Waals surface area contributed by atoms with Crippen molar-refractivity contribution in [2.24, 2.45) is 0 Å². The Morgan fingerprint density at radius 3 is 2.30 bits per heavy atom. The van der Waals surface area contributed by atoms with Crippen LogP contribution in [-0.2, 0) is 4.74 Å². The Morgan fingerprint density at radius 2 is 1.70 bits per heavy atom. The van der Waals surface area contributed by atoms with E-state index in [1.54, 1.807) is 0 Å². The molecule has 1 fully saturated rings. The lowest BCUT2D eigenvalue weighted by Crippen LogP contribution is -2.41. The van der Waals surface area contributed by atoms with E-state index in [4.69, 9.17) is 17.0 Å². The molecule has 2 aromatic carbocycles. The van der Waals surface area contributed by atoms with Crippen molar-refractivity contribution in [1.29, 1.82) is 0 Å². The zero-order valence-corrected chi connectivity index (χ0v) is 13.7. The van der Waals surface area contributed by atoms with Gasteiger partial charge in [0.1, 0.15) is 0 Å². The number of benzene rings is 2. The number of rotatable bonds is 3. The minimum atomic E-state index is 0.117. The molecule has 0 spiro atoms. The van der Waals surface area contributed by atoms with Crippen LogP contribution in [0.2, 0.25) is 0 Å². The van der Waals surface area contributed by atoms with Gasteiger partial charge in [-0.25, -0.2) is 0 Å². The fraction of sp³-hybridized carbons (Fsp3) is 0.316. The molecule has 1 atom stereocenters. The van der Waals surface area contributed by atoms with Gasteiger partial charge in [-0.1, -0.05) is 48.5 Å². The van der Waals surface area contributed by atoms with E-state index in [1.165, 1.54) is 22.3 Å². The van der Waals surface area contributed by atoms with Gasteiger partial charge in [0, 0.05) is 13.2 Å². The minimum Gasteiger partial charge on any atom is -0.376 e. The maximum absolute atomic E-state index is 5.64. The Kier molecular flexibility index (Phi) is 4.02. The van der Waals surface area contributed by atoms with E-state index in [1.807, 2.05) is 0 Å². The molecule has 0 saturated carbocycles. The van der Waals surface area contributed by atoms with E-state index < -0.39 is 0 Å². The van der Waals surface area contributed by atoms with Gasteiger partial charge in [-0.05, 0) is 47.3 Å². The van der Waals surface area contributed by atoms with Crippen LogP contribution in [0.1, 0.15) is 30.0 Å². The fourth-order valence-corrected chi connectivity index (χ4v) is 3.71. The molecule has 0 radical (unpaired) electrons. The summed E-state index contributed by atoms with van der Waals surface area (Å²) < 4.78 is 5.64. The summed E-state index contributed by atoms with van der Waals surface area (Å²) in [6, 6.07) is 17.2. The van der Waals surface area contributed by atoms with E-state index in [0.717, 1.165) is 26.0 Å². The van der Waals surface area contributed by atoms with Crippen LogP contribution in [0.15, 0.2) is 48.5 Å². The normalized spacial score (nSPS) is 19.2. The third-order valence-corrected chi connectivity index (χ3v) is 4.89. The van der Waals surface area contributed by atoms with Crippen LogP contribution < -0.4 is 10.6 Å². The molecular weight excluding hydrogens is 304 g/mol. The maximum atomic E-state index is 5.64. The third kappa shape index (κ3) is 2.84. The Bertz CT molecular complexity index is 679. The molecule has 118 valence electrons. The van der Waals surface area contributed by atoms with Gasteiger partial charge in [-0.15, -0.1) is 0 Å². The van der Waals surface area contributed by atoms with Gasteiger partial charge in [0.15, 0.2) is 5.11 Å². The second-order valence-electron chi connectivity index (χ2n) is 6.10. The Labute approximate surface area is 142 Å². The highest BCUT2D eigenvalue weighted by Gasteiger charge is 2.28. The molecule has 3 nitrogen and oxygen atoms in total. The van der Waals surface area contributed by atoms with Crippen molar-refractivity contribution < 1.29 is 4.74 Å². The third-order valence-electron chi connectivity index (χ3n) is 4.62. The van der Waals surface area contributed by atoms with Crippen molar-refractivity contribution in [3.05, 3.63) is 59.7 Å². The number of hydrogen-bond donors (Lipinski definition) is 2. The van der Waals surface area contributed by atoms with Gasteiger partial charge in [0.2, 0.25) is 0 Å². The molecular formula is C19H20N2OS. The molecule has 0 amide bonds. The Morgan fingerprint density at radius 1 is 1.04 bits per heavy atom. The molecule has 4 heteroatoms. The highest BCUT2D eigenvalue weighted by molar-refractivity contribution is 7.80. The summed E-state index contributed by atoms with van der Waals surface area (Å²) in [5, 5.41) is 7.48. The highest BCUT2D eigenvalue weighted by atomic mass is 32.1. The predicted molar refractivity (Wildman–Crippen MR) is 96.4 cm³/mol. The summed E-state index contributed by atoms with van der Waals surface area (Å²) in [7, 11) is 0. The van der Waals surface area contributed by atoms with E-state index in [2.05, 4.69) is 59.2 Å². The zero-order chi connectivity index (χ0) is 15.6. The zero-order valence-electron chi connectivity index (χ0n) is 12.9. The second kappa shape index (κ2) is 6.30. The molecule has 1 unspecified atom stereocenters. The standard InChI is InChI=1S/C19H20N2OS/c23-19(20-12-13-6-5-11-22-13)21-18-16-9-3-1-7-14(16)15-8-2-4-10-17(15)18/h1-4,7-10,13,18H,5-6,11-12H2,(H2,20,21,23). The summed E-state index contributed by atoms with van der Waals surface area (Å²) in [5.74, 6) is 0. The molecule has 2 aromatic rings. The Balaban J connectivity index is 1.51. The molecule has 1 heterocycles. The lowest BCUT2D eigenvalue weighted by molar-refractivity contribution is 0.114. The molecule has 1 aliphatic heterocycles. The van der Waals surface area contributed by atoms with E-state index in [-0.39, 0.29) is 12.1 Å². The first-order valence-corrected chi connectivity index (χ1v) is 8.58. The summed E-state index contributed by atoms with van der Waals surface area (Å²) in [4.78, 5) is 0. The largest absolute Gasteiger partial charge is 0.376 e. The summed E-state index contributed by atoms with van der Waals surface area (Å²) >= 11 is 5.51. The topological polar surface area (TPSA) is 33.3 Å². The first-order valence-electron chi connectivity index (χ1n) is 8.17. The van der Waals surface area contributed by atoms with Crippen LogP contribution in [0.25, 0.3) is 11.1 Å². The van der Waals surface area contributed by atoms with Crippen LogP contribution in [0, 0.1) is 0 Å². The van der Waals surface area contributed by atoms with Gasteiger partial charge >= 0.3 is 0 Å². The maximum Gasteiger partial charge on any atom is 0.167 e. The molecule has 0 aromatic heterocycles. The van der Waals surface area contributed by atoms with Crippen molar-refractivity contribution in [3.8, 4) is 11.1 Å². The van der Waals surface area contributed by atoms with Crippen molar-refractivity contribution in [1.82, 2.24) is 10.6 Å². The van der Waals surface area contributed by atoms with Crippen LogP contribution in [0.3, 0.4) is 0 Å². The Hall–Kier alpha value is -1.91. The van der Waals surface area contributed by atoms with Crippen LogP contribution in [0.4, 0.5) is 0 Å². The van der Waals surface area contributed by atoms with E-state index in [0.29, 0.717) is 5.11 Å². The molecule has 1 saturated heterocycles. The number of nitrogens with one attached hydrogen (secondary N) is 2. The van der Waals surface area contributed by atoms with Gasteiger partial charge in [-0.2, -0.15) is 0 Å². The molecule has 23 heavy (non-hydrogen) atoms. The van der Waals surface area contributed by atoms with Gasteiger partial charge in [-0.3, -0.25) is 0 Å². The average molecular weight is 324 g/mol. The van der Waals surface area contributed by atoms with Crippen LogP contribution in [0.5, 0.6) is 0 Å². The van der Waals surface area contributed by atoms with E-state index in [9.17, 15) is 0 Å². The van der Waals surface area contributed by atoms with Crippen LogP contribution >= 0.6 is 12.2 Å². The summed E-state index contributed by atoms with van der Waals surface area (Å²) in [6.07, 6.45) is 2.55. The first kappa shape index (κ1) is 14.7. The van der Waals surface area contributed by atoms with Crippen molar-refractivity contribution in [3.63, 3.8) is 0 Å². The van der Waals surface area contributed by atoms with E-state index >= 15 is 0 Å². The first-order chi connectivity index (χ1) is 11.3. The quantitative estimate of drug-likeness (QED) is 0.848. The SMILES string of the molecule is S=C(NCC1CCCO1)NC1c2ccccc2-c2ccccc21. The molecule has 2 N–H and O–H groups in total. The highest BCUT2D eigenvalue weighted by Crippen LogP contribution is 2.42. The minimum absolute atomic E-state index is 0.117. The van der Waals surface area contributed by atoms with Gasteiger partial charge < -0.3 is 15.4 Å². The smallest absolute Gasteiger partial charge is 0.167 e. The van der Waals surface area contributed by atoms with Crippen molar-refractivity contribution in [2.75, 3.05) is 13.2 Å². The molecule has 2 aliphatic rings. The molecule has 1 aliphatic carbocycles. The lowest BCUT2D eigenvalue weighted by Gasteiger charge is -2.20. The number of hydrogen-bond acceptors (Lipinski definition) is 2. The number of thiocarbonyl (C=S) groups is 1. The number of fused-ring (bicyclic) bond motifs is 3. The summed E-state index contributed by atoms with van der Waals surface area (Å²) in [5.41, 5.74) is 5.16. The van der Waals surface area contributed by atoms with Gasteiger partial charge in [0.25, 0.3) is 0 Å². The summed E-state index contributed by atoms with van der Waals surface area (Å²) in [6.45, 7) is 1.65.